The highest BCUT2D eigenvalue weighted by molar-refractivity contribution is 7.19. The van der Waals surface area contributed by atoms with Gasteiger partial charge >= 0.3 is 5.97 Å². The average molecular weight is 319 g/mol. The van der Waals surface area contributed by atoms with Crippen LogP contribution in [0.5, 0.6) is 0 Å². The van der Waals surface area contributed by atoms with E-state index in [1.807, 2.05) is 20.8 Å². The lowest BCUT2D eigenvalue weighted by atomic mass is 10.0. The summed E-state index contributed by atoms with van der Waals surface area (Å²) in [7, 11) is 0. The number of carboxylic acids is 1. The van der Waals surface area contributed by atoms with Gasteiger partial charge in [0.1, 0.15) is 22.5 Å². The van der Waals surface area contributed by atoms with Crippen molar-refractivity contribution in [2.45, 2.75) is 52.5 Å². The second-order valence-electron chi connectivity index (χ2n) is 6.08. The molecule has 0 radical (unpaired) electrons. The maximum Gasteiger partial charge on any atom is 0.326 e. The van der Waals surface area contributed by atoms with Gasteiger partial charge in [0.05, 0.1) is 5.39 Å². The largest absolute Gasteiger partial charge is 0.480 e. The average Bonchev–Trinajstić information content (AvgIpc) is 3.03. The van der Waals surface area contributed by atoms with Gasteiger partial charge in [-0.05, 0) is 30.7 Å². The molecular weight excluding hydrogens is 298 g/mol. The van der Waals surface area contributed by atoms with Crippen LogP contribution in [0.1, 0.15) is 43.5 Å². The van der Waals surface area contributed by atoms with E-state index in [4.69, 9.17) is 0 Å². The zero-order chi connectivity index (χ0) is 15.9. The molecule has 1 aliphatic rings. The van der Waals surface area contributed by atoms with Gasteiger partial charge in [-0.15, -0.1) is 11.3 Å². The van der Waals surface area contributed by atoms with E-state index in [0.717, 1.165) is 35.3 Å². The summed E-state index contributed by atoms with van der Waals surface area (Å²) < 4.78 is 0. The van der Waals surface area contributed by atoms with Gasteiger partial charge in [-0.3, -0.25) is 0 Å². The Kier molecular flexibility index (Phi) is 4.04. The van der Waals surface area contributed by atoms with Crippen LogP contribution in [0.4, 0.5) is 5.82 Å². The number of nitrogens with zero attached hydrogens (tertiary/aromatic N) is 2. The molecule has 2 aromatic rings. The summed E-state index contributed by atoms with van der Waals surface area (Å²) in [5.41, 5.74) is 1.32. The molecule has 0 amide bonds. The summed E-state index contributed by atoms with van der Waals surface area (Å²) in [6.07, 6.45) is 4.05. The minimum atomic E-state index is -0.841. The number of anilines is 1. The molecule has 5 nitrogen and oxygen atoms in total. The van der Waals surface area contributed by atoms with Crippen molar-refractivity contribution >= 4 is 33.3 Å². The molecule has 0 bridgehead atoms. The topological polar surface area (TPSA) is 75.1 Å². The molecule has 2 N–H and O–H groups in total. The van der Waals surface area contributed by atoms with E-state index in [-0.39, 0.29) is 5.92 Å². The molecule has 22 heavy (non-hydrogen) atoms. The van der Waals surface area contributed by atoms with Crippen molar-refractivity contribution in [3.05, 3.63) is 16.3 Å². The van der Waals surface area contributed by atoms with E-state index < -0.39 is 12.0 Å². The van der Waals surface area contributed by atoms with Crippen LogP contribution in [0.25, 0.3) is 10.2 Å². The summed E-state index contributed by atoms with van der Waals surface area (Å²) in [6, 6.07) is -0.639. The lowest BCUT2D eigenvalue weighted by Crippen LogP contribution is -2.34. The zero-order valence-electron chi connectivity index (χ0n) is 13.1. The Hall–Kier alpha value is -1.69. The molecule has 0 fully saturated rings. The number of thiophene rings is 1. The first kappa shape index (κ1) is 15.2. The maximum absolute atomic E-state index is 11.5. The van der Waals surface area contributed by atoms with Crippen molar-refractivity contribution in [2.75, 3.05) is 5.32 Å². The number of aryl methyl sites for hydroxylation is 3. The number of aromatic nitrogens is 2. The molecule has 0 aliphatic heterocycles. The summed E-state index contributed by atoms with van der Waals surface area (Å²) in [5, 5.41) is 13.7. The third-order valence-corrected chi connectivity index (χ3v) is 5.34. The van der Waals surface area contributed by atoms with Crippen molar-refractivity contribution in [1.82, 2.24) is 9.97 Å². The molecule has 0 saturated heterocycles. The number of hydrogen-bond acceptors (Lipinski definition) is 5. The smallest absolute Gasteiger partial charge is 0.326 e. The first-order valence-corrected chi connectivity index (χ1v) is 8.63. The van der Waals surface area contributed by atoms with E-state index in [1.165, 1.54) is 16.9 Å². The molecule has 3 rings (SSSR count). The Labute approximate surface area is 133 Å². The van der Waals surface area contributed by atoms with Gasteiger partial charge in [-0.1, -0.05) is 20.8 Å². The highest BCUT2D eigenvalue weighted by atomic mass is 32.1. The van der Waals surface area contributed by atoms with E-state index in [1.54, 1.807) is 11.3 Å². The summed E-state index contributed by atoms with van der Waals surface area (Å²) in [4.78, 5) is 23.1. The number of carboxylic acid groups (broad SMARTS) is 1. The SMILES string of the molecule is CCc1nc(NC(C(=O)O)C(C)C)c2c3c(sc2n1)CCC3. The second kappa shape index (κ2) is 5.83. The number of hydrogen-bond donors (Lipinski definition) is 2. The monoisotopic (exact) mass is 319 g/mol. The molecule has 2 heterocycles. The Morgan fingerprint density at radius 1 is 1.36 bits per heavy atom. The van der Waals surface area contributed by atoms with Gasteiger partial charge in [0.25, 0.3) is 0 Å². The third-order valence-electron chi connectivity index (χ3n) is 4.15. The summed E-state index contributed by atoms with van der Waals surface area (Å²) in [5.74, 6) is 0.608. The Balaban J connectivity index is 2.12. The molecule has 1 aliphatic carbocycles. The molecule has 1 atom stereocenters. The standard InChI is InChI=1S/C16H21N3O2S/c1-4-11-17-14(19-13(8(2)3)16(20)21)12-9-6-5-7-10(9)22-15(12)18-11/h8,13H,4-7H2,1-3H3,(H,20,21)(H,17,18,19). The van der Waals surface area contributed by atoms with E-state index >= 15 is 0 Å². The number of carbonyl (C=O) groups is 1. The Bertz CT molecular complexity index is 724. The van der Waals surface area contributed by atoms with Crippen LogP contribution in [0.3, 0.4) is 0 Å². The third kappa shape index (κ3) is 2.56. The first-order valence-electron chi connectivity index (χ1n) is 7.81. The van der Waals surface area contributed by atoms with Crippen molar-refractivity contribution in [2.24, 2.45) is 5.92 Å². The van der Waals surface area contributed by atoms with Crippen LogP contribution >= 0.6 is 11.3 Å². The lowest BCUT2D eigenvalue weighted by molar-refractivity contribution is -0.138. The van der Waals surface area contributed by atoms with Crippen molar-refractivity contribution in [3.8, 4) is 0 Å². The molecule has 0 spiro atoms. The van der Waals surface area contributed by atoms with Crippen LogP contribution in [0.15, 0.2) is 0 Å². The second-order valence-corrected chi connectivity index (χ2v) is 7.17. The molecule has 118 valence electrons. The predicted octanol–water partition coefficient (Wildman–Crippen LogP) is 3.26. The minimum absolute atomic E-state index is 0.0146. The van der Waals surface area contributed by atoms with E-state index in [9.17, 15) is 9.90 Å². The molecule has 6 heteroatoms. The summed E-state index contributed by atoms with van der Waals surface area (Å²) in [6.45, 7) is 5.83. The van der Waals surface area contributed by atoms with Crippen molar-refractivity contribution < 1.29 is 9.90 Å². The molecule has 2 aromatic heterocycles. The van der Waals surface area contributed by atoms with Crippen molar-refractivity contribution in [1.29, 1.82) is 0 Å². The fourth-order valence-electron chi connectivity index (χ4n) is 2.96. The van der Waals surface area contributed by atoms with Gasteiger partial charge in [-0.25, -0.2) is 14.8 Å². The fraction of sp³-hybridized carbons (Fsp3) is 0.562. The number of nitrogens with one attached hydrogen (secondary N) is 1. The van der Waals surface area contributed by atoms with Gasteiger partial charge in [0.2, 0.25) is 0 Å². The molecule has 0 aromatic carbocycles. The van der Waals surface area contributed by atoms with Crippen LogP contribution in [-0.2, 0) is 24.1 Å². The van der Waals surface area contributed by atoms with Crippen LogP contribution < -0.4 is 5.32 Å². The van der Waals surface area contributed by atoms with Gasteiger partial charge in [0.15, 0.2) is 0 Å². The van der Waals surface area contributed by atoms with Gasteiger partial charge in [-0.2, -0.15) is 0 Å². The number of fused-ring (bicyclic) bond motifs is 3. The Morgan fingerprint density at radius 3 is 2.77 bits per heavy atom. The number of aliphatic carboxylic acids is 1. The van der Waals surface area contributed by atoms with E-state index in [0.29, 0.717) is 5.82 Å². The molecular formula is C16H21N3O2S. The molecule has 0 saturated carbocycles. The van der Waals surface area contributed by atoms with Crippen molar-refractivity contribution in [3.63, 3.8) is 0 Å². The van der Waals surface area contributed by atoms with Gasteiger partial charge in [0, 0.05) is 11.3 Å². The first-order chi connectivity index (χ1) is 10.5. The maximum atomic E-state index is 11.5. The van der Waals surface area contributed by atoms with E-state index in [2.05, 4.69) is 15.3 Å². The lowest BCUT2D eigenvalue weighted by Gasteiger charge is -2.19. The highest BCUT2D eigenvalue weighted by Gasteiger charge is 2.26. The predicted molar refractivity (Wildman–Crippen MR) is 88.7 cm³/mol. The Morgan fingerprint density at radius 2 is 2.14 bits per heavy atom. The normalized spacial score (nSPS) is 15.3. The minimum Gasteiger partial charge on any atom is -0.480 e. The molecule has 1 unspecified atom stereocenters. The summed E-state index contributed by atoms with van der Waals surface area (Å²) >= 11 is 1.74. The van der Waals surface area contributed by atoms with Crippen LogP contribution in [-0.4, -0.2) is 27.1 Å². The van der Waals surface area contributed by atoms with Gasteiger partial charge < -0.3 is 10.4 Å². The highest BCUT2D eigenvalue weighted by Crippen LogP contribution is 2.39. The van der Waals surface area contributed by atoms with Crippen LogP contribution in [0, 0.1) is 5.92 Å². The quantitative estimate of drug-likeness (QED) is 0.884. The number of rotatable bonds is 5. The zero-order valence-corrected chi connectivity index (χ0v) is 14.0. The fourth-order valence-corrected chi connectivity index (χ4v) is 4.24. The van der Waals surface area contributed by atoms with Crippen LogP contribution in [0.2, 0.25) is 0 Å².